The summed E-state index contributed by atoms with van der Waals surface area (Å²) in [6, 6.07) is 7.75. The van der Waals surface area contributed by atoms with Crippen molar-refractivity contribution in [2.24, 2.45) is 7.05 Å². The number of alkyl halides is 3. The van der Waals surface area contributed by atoms with E-state index in [-0.39, 0.29) is 33.1 Å². The number of carboxylic acid groups (broad SMARTS) is 1. The van der Waals surface area contributed by atoms with Gasteiger partial charge >= 0.3 is 17.8 Å². The zero-order valence-electron chi connectivity index (χ0n) is 18.0. The molecule has 1 N–H and O–H groups in total. The van der Waals surface area contributed by atoms with E-state index in [2.05, 4.69) is 5.16 Å². The molecule has 0 unspecified atom stereocenters. The molecule has 0 radical (unpaired) electrons. The van der Waals surface area contributed by atoms with Crippen LogP contribution < -0.4 is 16.0 Å². The minimum atomic E-state index is -4.92. The van der Waals surface area contributed by atoms with Crippen LogP contribution >= 0.6 is 11.6 Å². The molecule has 0 aliphatic carbocycles. The SMILES string of the molecule is Cc1ccc(OCC(=O)O)c(-c2noc3ccc(-n4c(=O)cc(C(F)(F)F)n(C)c4=O)c(Cl)c23)c1. The molecule has 0 aliphatic rings. The Labute approximate surface area is 198 Å². The zero-order valence-corrected chi connectivity index (χ0v) is 18.8. The van der Waals surface area contributed by atoms with Crippen LogP contribution in [0.5, 0.6) is 5.75 Å². The first kappa shape index (κ1) is 24.1. The Morgan fingerprint density at radius 1 is 1.20 bits per heavy atom. The van der Waals surface area contributed by atoms with Crippen molar-refractivity contribution in [1.29, 1.82) is 0 Å². The Morgan fingerprint density at radius 3 is 2.57 bits per heavy atom. The van der Waals surface area contributed by atoms with E-state index >= 15 is 0 Å². The summed E-state index contributed by atoms with van der Waals surface area (Å²) in [5, 5.41) is 12.9. The summed E-state index contributed by atoms with van der Waals surface area (Å²) >= 11 is 6.55. The molecule has 9 nitrogen and oxygen atoms in total. The lowest BCUT2D eigenvalue weighted by atomic mass is 10.0. The predicted molar refractivity (Wildman–Crippen MR) is 118 cm³/mol. The first-order valence-electron chi connectivity index (χ1n) is 9.84. The first-order chi connectivity index (χ1) is 16.4. The molecule has 35 heavy (non-hydrogen) atoms. The third kappa shape index (κ3) is 4.28. The second-order valence-electron chi connectivity index (χ2n) is 7.53. The van der Waals surface area contributed by atoms with Gasteiger partial charge in [-0.05, 0) is 31.2 Å². The van der Waals surface area contributed by atoms with Crippen molar-refractivity contribution in [2.75, 3.05) is 6.61 Å². The minimum Gasteiger partial charge on any atom is -0.481 e. The third-order valence-electron chi connectivity index (χ3n) is 5.15. The number of carboxylic acids is 1. The summed E-state index contributed by atoms with van der Waals surface area (Å²) in [6.07, 6.45) is -4.92. The van der Waals surface area contributed by atoms with Crippen molar-refractivity contribution in [3.8, 4) is 22.7 Å². The van der Waals surface area contributed by atoms with Crippen molar-refractivity contribution in [3.63, 3.8) is 0 Å². The molecule has 0 fully saturated rings. The summed E-state index contributed by atoms with van der Waals surface area (Å²) < 4.78 is 51.1. The molecule has 4 rings (SSSR count). The highest BCUT2D eigenvalue weighted by molar-refractivity contribution is 6.38. The smallest absolute Gasteiger partial charge is 0.431 e. The van der Waals surface area contributed by atoms with Gasteiger partial charge in [-0.25, -0.2) is 14.2 Å². The van der Waals surface area contributed by atoms with E-state index in [1.165, 1.54) is 18.2 Å². The van der Waals surface area contributed by atoms with Gasteiger partial charge in [0.25, 0.3) is 5.56 Å². The van der Waals surface area contributed by atoms with Crippen LogP contribution in [0, 0.1) is 6.92 Å². The van der Waals surface area contributed by atoms with E-state index in [0.29, 0.717) is 20.8 Å². The van der Waals surface area contributed by atoms with Crippen LogP contribution in [0.15, 0.2) is 50.5 Å². The van der Waals surface area contributed by atoms with Crippen LogP contribution in [0.25, 0.3) is 27.9 Å². The highest BCUT2D eigenvalue weighted by Gasteiger charge is 2.35. The van der Waals surface area contributed by atoms with Crippen LogP contribution in [0.2, 0.25) is 5.02 Å². The summed E-state index contributed by atoms with van der Waals surface area (Å²) in [5.74, 6) is -1.06. The van der Waals surface area contributed by atoms with E-state index in [0.717, 1.165) is 12.6 Å². The lowest BCUT2D eigenvalue weighted by molar-refractivity contribution is -0.144. The third-order valence-corrected chi connectivity index (χ3v) is 5.53. The van der Waals surface area contributed by atoms with E-state index in [9.17, 15) is 27.6 Å². The highest BCUT2D eigenvalue weighted by atomic mass is 35.5. The molecular formula is C22H15ClF3N3O6. The molecule has 4 aromatic rings. The number of ether oxygens (including phenoxy) is 1. The second kappa shape index (κ2) is 8.62. The fourth-order valence-electron chi connectivity index (χ4n) is 3.55. The number of hydrogen-bond acceptors (Lipinski definition) is 6. The van der Waals surface area contributed by atoms with Gasteiger partial charge in [0.2, 0.25) is 0 Å². The Kier molecular flexibility index (Phi) is 5.93. The molecule has 0 aliphatic heterocycles. The molecule has 2 aromatic heterocycles. The number of aromatic nitrogens is 3. The fourth-order valence-corrected chi connectivity index (χ4v) is 3.88. The lowest BCUT2D eigenvalue weighted by Gasteiger charge is -2.15. The molecule has 0 saturated heterocycles. The standard InChI is InChI=1S/C22H15ClF3N3O6/c1-10-3-5-13(34-9-17(31)32)11(7-10)20-18-14(35-27-20)6-4-12(19(18)23)29-16(30)8-15(22(24,25)26)28(2)21(29)33/h3-8H,9H2,1-2H3,(H,31,32). The van der Waals surface area contributed by atoms with Gasteiger partial charge in [0.05, 0.1) is 16.1 Å². The molecule has 2 aromatic carbocycles. The molecule has 0 spiro atoms. The number of carbonyl (C=O) groups is 1. The van der Waals surface area contributed by atoms with Gasteiger partial charge in [-0.1, -0.05) is 28.4 Å². The van der Waals surface area contributed by atoms with Crippen LogP contribution in [0.3, 0.4) is 0 Å². The summed E-state index contributed by atoms with van der Waals surface area (Å²) in [4.78, 5) is 36.3. The van der Waals surface area contributed by atoms with Crippen molar-refractivity contribution >= 4 is 28.5 Å². The maximum atomic E-state index is 13.2. The summed E-state index contributed by atoms with van der Waals surface area (Å²) in [6.45, 7) is 1.13. The molecule has 0 bridgehead atoms. The maximum absolute atomic E-state index is 13.2. The molecule has 13 heteroatoms. The fraction of sp³-hybridized carbons (Fsp3) is 0.182. The summed E-state index contributed by atoms with van der Waals surface area (Å²) in [7, 11) is 0.886. The van der Waals surface area contributed by atoms with Crippen LogP contribution in [-0.2, 0) is 18.0 Å². The van der Waals surface area contributed by atoms with E-state index in [1.54, 1.807) is 19.1 Å². The van der Waals surface area contributed by atoms with E-state index < -0.39 is 35.7 Å². The van der Waals surface area contributed by atoms with Crippen molar-refractivity contribution < 1.29 is 32.3 Å². The quantitative estimate of drug-likeness (QED) is 0.435. The Bertz CT molecular complexity index is 1600. The Morgan fingerprint density at radius 2 is 1.91 bits per heavy atom. The number of aliphatic carboxylic acids is 1. The number of fused-ring (bicyclic) bond motifs is 1. The number of hydrogen-bond donors (Lipinski definition) is 1. The predicted octanol–water partition coefficient (Wildman–Crippen LogP) is 3.79. The zero-order chi connectivity index (χ0) is 25.7. The molecule has 0 atom stereocenters. The van der Waals surface area contributed by atoms with E-state index in [4.69, 9.17) is 26.0 Å². The molecule has 2 heterocycles. The van der Waals surface area contributed by atoms with Crippen molar-refractivity contribution in [2.45, 2.75) is 13.1 Å². The van der Waals surface area contributed by atoms with Crippen LogP contribution in [0.1, 0.15) is 11.3 Å². The summed E-state index contributed by atoms with van der Waals surface area (Å²) in [5.41, 5.74) is -2.75. The highest BCUT2D eigenvalue weighted by Crippen LogP contribution is 2.40. The average Bonchev–Trinajstić information content (AvgIpc) is 3.21. The first-order valence-corrected chi connectivity index (χ1v) is 10.2. The Balaban J connectivity index is 1.97. The molecule has 0 amide bonds. The molecule has 182 valence electrons. The number of rotatable bonds is 5. The van der Waals surface area contributed by atoms with Crippen LogP contribution in [0.4, 0.5) is 13.2 Å². The number of aryl methyl sites for hydroxylation is 1. The van der Waals surface area contributed by atoms with Gasteiger partial charge in [-0.2, -0.15) is 13.2 Å². The van der Waals surface area contributed by atoms with E-state index in [1.807, 2.05) is 0 Å². The maximum Gasteiger partial charge on any atom is 0.431 e. The van der Waals surface area contributed by atoms with Gasteiger partial charge in [0, 0.05) is 18.7 Å². The average molecular weight is 510 g/mol. The number of benzene rings is 2. The van der Waals surface area contributed by atoms with Gasteiger partial charge in [-0.15, -0.1) is 0 Å². The van der Waals surface area contributed by atoms with Gasteiger partial charge in [0.15, 0.2) is 12.2 Å². The molecule has 0 saturated carbocycles. The van der Waals surface area contributed by atoms with Crippen molar-refractivity contribution in [1.82, 2.24) is 14.3 Å². The topological polar surface area (TPSA) is 117 Å². The lowest BCUT2D eigenvalue weighted by Crippen LogP contribution is -2.40. The van der Waals surface area contributed by atoms with Gasteiger partial charge in [0.1, 0.15) is 17.1 Å². The Hall–Kier alpha value is -4.06. The van der Waals surface area contributed by atoms with Gasteiger partial charge < -0.3 is 14.4 Å². The van der Waals surface area contributed by atoms with Gasteiger partial charge in [-0.3, -0.25) is 9.36 Å². The second-order valence-corrected chi connectivity index (χ2v) is 7.91. The van der Waals surface area contributed by atoms with Crippen molar-refractivity contribution in [3.05, 3.63) is 73.5 Å². The minimum absolute atomic E-state index is 0.118. The number of nitrogens with zero attached hydrogens (tertiary/aromatic N) is 3. The molecular weight excluding hydrogens is 495 g/mol. The normalized spacial score (nSPS) is 11.7. The van der Waals surface area contributed by atoms with Crippen LogP contribution in [-0.4, -0.2) is 32.0 Å². The largest absolute Gasteiger partial charge is 0.481 e. The monoisotopic (exact) mass is 509 g/mol. The number of halogens is 4.